The van der Waals surface area contributed by atoms with Crippen LogP contribution in [0.25, 0.3) is 0 Å². The molecule has 0 spiro atoms. The predicted octanol–water partition coefficient (Wildman–Crippen LogP) is 6.88. The van der Waals surface area contributed by atoms with Gasteiger partial charge in [0.2, 0.25) is 6.41 Å². The molecule has 1 N–H and O–H groups in total. The highest BCUT2D eigenvalue weighted by Gasteiger charge is 2.43. The maximum Gasteiger partial charge on any atom is 0.328 e. The zero-order valence-corrected chi connectivity index (χ0v) is 23.0. The lowest BCUT2D eigenvalue weighted by atomic mass is 9.86. The van der Waals surface area contributed by atoms with Crippen molar-refractivity contribution in [1.29, 1.82) is 0 Å². The molecule has 1 fully saturated rings. The number of unbranched alkanes of at least 4 members (excludes halogenated alkanes) is 11. The van der Waals surface area contributed by atoms with Crippen LogP contribution in [0.1, 0.15) is 137 Å². The Bertz CT molecular complexity index is 579. The number of carbonyl (C=O) groups is 3. The van der Waals surface area contributed by atoms with E-state index in [0.717, 1.165) is 38.5 Å². The summed E-state index contributed by atoms with van der Waals surface area (Å²) in [5.41, 5.74) is 0. The van der Waals surface area contributed by atoms with Gasteiger partial charge >= 0.3 is 11.9 Å². The number of hydrogen-bond donors (Lipinski definition) is 1. The molecule has 0 aromatic carbocycles. The molecule has 0 radical (unpaired) electrons. The van der Waals surface area contributed by atoms with Crippen LogP contribution in [-0.2, 0) is 23.9 Å². The third kappa shape index (κ3) is 13.9. The summed E-state index contributed by atoms with van der Waals surface area (Å²) < 4.78 is 11.4. The molecular formula is C29H53NO5. The Balaban J connectivity index is 2.58. The van der Waals surface area contributed by atoms with E-state index in [1.54, 1.807) is 0 Å². The number of rotatable bonds is 23. The van der Waals surface area contributed by atoms with Gasteiger partial charge in [0.05, 0.1) is 5.92 Å². The topological polar surface area (TPSA) is 81.7 Å². The molecule has 0 aromatic rings. The summed E-state index contributed by atoms with van der Waals surface area (Å²) in [7, 11) is 0. The van der Waals surface area contributed by atoms with Crippen LogP contribution in [-0.4, -0.2) is 36.6 Å². The average molecular weight is 496 g/mol. The molecule has 6 nitrogen and oxygen atoms in total. The van der Waals surface area contributed by atoms with Gasteiger partial charge < -0.3 is 14.8 Å². The minimum Gasteiger partial charge on any atom is -0.461 e. The van der Waals surface area contributed by atoms with Crippen molar-refractivity contribution in [3.63, 3.8) is 0 Å². The van der Waals surface area contributed by atoms with Crippen LogP contribution in [0.5, 0.6) is 0 Å². The Morgan fingerprint density at radius 2 is 1.51 bits per heavy atom. The molecule has 1 saturated heterocycles. The van der Waals surface area contributed by atoms with E-state index in [1.165, 1.54) is 57.8 Å². The second-order valence-corrected chi connectivity index (χ2v) is 10.8. The fourth-order valence-electron chi connectivity index (χ4n) is 4.90. The highest BCUT2D eigenvalue weighted by atomic mass is 16.6. The summed E-state index contributed by atoms with van der Waals surface area (Å²) in [5, 5.41) is 2.62. The van der Waals surface area contributed by atoms with Crippen LogP contribution in [0.4, 0.5) is 0 Å². The summed E-state index contributed by atoms with van der Waals surface area (Å²) in [5.74, 6) is -0.302. The SMILES string of the molecule is CCCCCCCCCCC[C@@H](C[C@H]1OC(=O)[C@H]1CCCCCC)OC(=O)[C@H](CC(C)C)NC=O. The Kier molecular flexibility index (Phi) is 17.6. The first-order valence-electron chi connectivity index (χ1n) is 14.5. The van der Waals surface area contributed by atoms with Crippen LogP contribution < -0.4 is 5.32 Å². The van der Waals surface area contributed by atoms with Crippen molar-refractivity contribution < 1.29 is 23.9 Å². The fraction of sp³-hybridized carbons (Fsp3) is 0.897. The second-order valence-electron chi connectivity index (χ2n) is 10.8. The number of nitrogens with one attached hydrogen (secondary N) is 1. The molecule has 6 heteroatoms. The van der Waals surface area contributed by atoms with E-state index in [9.17, 15) is 14.4 Å². The van der Waals surface area contributed by atoms with Crippen LogP contribution in [0.3, 0.4) is 0 Å². The summed E-state index contributed by atoms with van der Waals surface area (Å²) in [6.07, 6.45) is 18.5. The van der Waals surface area contributed by atoms with Gasteiger partial charge in [-0.05, 0) is 31.6 Å². The zero-order chi connectivity index (χ0) is 25.9. The first-order chi connectivity index (χ1) is 16.9. The second kappa shape index (κ2) is 19.6. The van der Waals surface area contributed by atoms with Crippen molar-refractivity contribution in [3.05, 3.63) is 0 Å². The van der Waals surface area contributed by atoms with Crippen LogP contribution in [0.2, 0.25) is 0 Å². The van der Waals surface area contributed by atoms with E-state index >= 15 is 0 Å². The molecule has 1 heterocycles. The quantitative estimate of drug-likeness (QED) is 0.0949. The van der Waals surface area contributed by atoms with Gasteiger partial charge in [-0.2, -0.15) is 0 Å². The van der Waals surface area contributed by atoms with E-state index < -0.39 is 6.04 Å². The van der Waals surface area contributed by atoms with Crippen molar-refractivity contribution in [2.45, 2.75) is 155 Å². The maximum absolute atomic E-state index is 12.9. The Morgan fingerprint density at radius 3 is 2.06 bits per heavy atom. The molecule has 1 aliphatic rings. The van der Waals surface area contributed by atoms with Gasteiger partial charge in [0, 0.05) is 6.42 Å². The number of esters is 2. The van der Waals surface area contributed by atoms with Crippen molar-refractivity contribution >= 4 is 18.3 Å². The van der Waals surface area contributed by atoms with E-state index in [0.29, 0.717) is 19.3 Å². The largest absolute Gasteiger partial charge is 0.461 e. The number of amides is 1. The maximum atomic E-state index is 12.9. The highest BCUT2D eigenvalue weighted by molar-refractivity contribution is 5.79. The van der Waals surface area contributed by atoms with Crippen molar-refractivity contribution in [1.82, 2.24) is 5.32 Å². The van der Waals surface area contributed by atoms with Gasteiger partial charge in [-0.3, -0.25) is 9.59 Å². The summed E-state index contributed by atoms with van der Waals surface area (Å²) in [6, 6.07) is -0.632. The third-order valence-corrected chi connectivity index (χ3v) is 7.06. The van der Waals surface area contributed by atoms with Crippen molar-refractivity contribution in [3.8, 4) is 0 Å². The first-order valence-corrected chi connectivity index (χ1v) is 14.5. The van der Waals surface area contributed by atoms with Crippen LogP contribution in [0.15, 0.2) is 0 Å². The van der Waals surface area contributed by atoms with Crippen LogP contribution >= 0.6 is 0 Å². The lowest BCUT2D eigenvalue weighted by Gasteiger charge is -2.37. The summed E-state index contributed by atoms with van der Waals surface area (Å²) in [4.78, 5) is 36.0. The number of cyclic esters (lactones) is 1. The molecule has 1 amide bonds. The Morgan fingerprint density at radius 1 is 0.943 bits per heavy atom. The van der Waals surface area contributed by atoms with Crippen molar-refractivity contribution in [2.75, 3.05) is 0 Å². The lowest BCUT2D eigenvalue weighted by Crippen LogP contribution is -2.48. The van der Waals surface area contributed by atoms with Gasteiger partial charge in [-0.25, -0.2) is 4.79 Å². The number of hydrogen-bond acceptors (Lipinski definition) is 5. The standard InChI is InChI=1S/C29H53NO5/c1-5-7-9-11-12-13-14-15-16-18-24(34-29(33)26(30-22-31)20-23(3)4)21-27-25(28(32)35-27)19-17-10-8-6-2/h22-27H,5-21H2,1-4H3,(H,30,31)/t24-,25-,26-,27+/m0/s1. The summed E-state index contributed by atoms with van der Waals surface area (Å²) >= 11 is 0. The predicted molar refractivity (Wildman–Crippen MR) is 141 cm³/mol. The molecule has 35 heavy (non-hydrogen) atoms. The smallest absolute Gasteiger partial charge is 0.328 e. The molecular weight excluding hydrogens is 442 g/mol. The zero-order valence-electron chi connectivity index (χ0n) is 23.0. The molecule has 204 valence electrons. The molecule has 4 atom stereocenters. The van der Waals surface area contributed by atoms with Gasteiger partial charge in [-0.15, -0.1) is 0 Å². The number of carbonyl (C=O) groups excluding carboxylic acids is 3. The van der Waals surface area contributed by atoms with Gasteiger partial charge in [-0.1, -0.05) is 105 Å². The first kappa shape index (κ1) is 31.4. The van der Waals surface area contributed by atoms with E-state index in [2.05, 4.69) is 19.2 Å². The van der Waals surface area contributed by atoms with Gasteiger partial charge in [0.15, 0.2) is 0 Å². The lowest BCUT2D eigenvalue weighted by molar-refractivity contribution is -0.190. The molecule has 1 rings (SSSR count). The molecule has 0 aromatic heterocycles. The highest BCUT2D eigenvalue weighted by Crippen LogP contribution is 2.32. The minimum atomic E-state index is -0.632. The molecule has 0 bridgehead atoms. The van der Waals surface area contributed by atoms with E-state index in [-0.39, 0.29) is 36.0 Å². The third-order valence-electron chi connectivity index (χ3n) is 7.06. The summed E-state index contributed by atoms with van der Waals surface area (Å²) in [6.45, 7) is 8.45. The fourth-order valence-corrected chi connectivity index (χ4v) is 4.90. The van der Waals surface area contributed by atoms with Gasteiger partial charge in [0.1, 0.15) is 18.2 Å². The minimum absolute atomic E-state index is 0.0734. The molecule has 0 unspecified atom stereocenters. The van der Waals surface area contributed by atoms with Crippen molar-refractivity contribution in [2.24, 2.45) is 11.8 Å². The number of ether oxygens (including phenoxy) is 2. The average Bonchev–Trinajstić information content (AvgIpc) is 2.81. The normalized spacial score (nSPS) is 19.1. The van der Waals surface area contributed by atoms with E-state index in [1.807, 2.05) is 13.8 Å². The molecule has 1 aliphatic heterocycles. The van der Waals surface area contributed by atoms with Gasteiger partial charge in [0.25, 0.3) is 0 Å². The Hall–Kier alpha value is -1.59. The van der Waals surface area contributed by atoms with Crippen LogP contribution in [0, 0.1) is 11.8 Å². The Labute approximate surface area is 214 Å². The monoisotopic (exact) mass is 495 g/mol. The molecule has 0 aliphatic carbocycles. The molecule has 0 saturated carbocycles. The van der Waals surface area contributed by atoms with E-state index in [4.69, 9.17) is 9.47 Å².